The van der Waals surface area contributed by atoms with Crippen molar-refractivity contribution in [2.45, 2.75) is 59.6 Å². The molecule has 1 aromatic carbocycles. The van der Waals surface area contributed by atoms with Gasteiger partial charge in [-0.05, 0) is 65.2 Å². The molecule has 2 N–H and O–H groups in total. The molecule has 0 radical (unpaired) electrons. The fraction of sp³-hybridized carbons (Fsp3) is 0.588. The van der Waals surface area contributed by atoms with Gasteiger partial charge in [0.25, 0.3) is 0 Å². The largest absolute Gasteiger partial charge is 0.491 e. The molecule has 21 heavy (non-hydrogen) atoms. The molecule has 0 spiro atoms. The van der Waals surface area contributed by atoms with Crippen molar-refractivity contribution in [2.75, 3.05) is 6.54 Å². The van der Waals surface area contributed by atoms with Crippen LogP contribution in [0.5, 0.6) is 5.75 Å². The first kappa shape index (κ1) is 17.3. The van der Waals surface area contributed by atoms with Crippen molar-refractivity contribution in [1.29, 1.82) is 0 Å². The number of benzene rings is 1. The topological polar surface area (TPSA) is 50.4 Å². The molecule has 118 valence electrons. The Hall–Kier alpha value is -1.71. The summed E-state index contributed by atoms with van der Waals surface area (Å²) in [6.07, 6.45) is 0.984. The molecular formula is C17H28N2O2. The first-order valence-electron chi connectivity index (χ1n) is 7.49. The lowest BCUT2D eigenvalue weighted by Gasteiger charge is -2.20. The van der Waals surface area contributed by atoms with Gasteiger partial charge in [0, 0.05) is 12.1 Å². The molecule has 0 aliphatic rings. The van der Waals surface area contributed by atoms with Gasteiger partial charge in [0.15, 0.2) is 0 Å². The molecule has 0 bridgehead atoms. The fourth-order valence-corrected chi connectivity index (χ4v) is 1.96. The summed E-state index contributed by atoms with van der Waals surface area (Å²) in [6, 6.07) is 6.04. The minimum Gasteiger partial charge on any atom is -0.491 e. The number of carbonyl (C=O) groups excluding carboxylic acids is 1. The Labute approximate surface area is 128 Å². The van der Waals surface area contributed by atoms with Crippen LogP contribution in [0.4, 0.5) is 4.79 Å². The predicted octanol–water partition coefficient (Wildman–Crippen LogP) is 3.42. The molecular weight excluding hydrogens is 264 g/mol. The van der Waals surface area contributed by atoms with Crippen molar-refractivity contribution in [3.63, 3.8) is 0 Å². The van der Waals surface area contributed by atoms with Gasteiger partial charge < -0.3 is 15.4 Å². The molecule has 1 aromatic rings. The number of rotatable bonds is 5. The highest BCUT2D eigenvalue weighted by Crippen LogP contribution is 2.20. The van der Waals surface area contributed by atoms with E-state index >= 15 is 0 Å². The Kier molecular flexibility index (Phi) is 6.06. The highest BCUT2D eigenvalue weighted by Gasteiger charge is 2.12. The summed E-state index contributed by atoms with van der Waals surface area (Å²) in [5.41, 5.74) is 2.11. The van der Waals surface area contributed by atoms with Crippen molar-refractivity contribution in [2.24, 2.45) is 0 Å². The first-order valence-corrected chi connectivity index (χ1v) is 7.49. The van der Waals surface area contributed by atoms with Crippen LogP contribution in [0.2, 0.25) is 0 Å². The first-order chi connectivity index (χ1) is 9.67. The number of urea groups is 1. The lowest BCUT2D eigenvalue weighted by Crippen LogP contribution is -2.46. The van der Waals surface area contributed by atoms with E-state index in [2.05, 4.69) is 16.7 Å². The number of ether oxygens (including phenoxy) is 1. The fourth-order valence-electron chi connectivity index (χ4n) is 1.96. The van der Waals surface area contributed by atoms with E-state index in [0.717, 1.165) is 17.7 Å². The lowest BCUT2D eigenvalue weighted by atomic mass is 10.1. The zero-order chi connectivity index (χ0) is 16.0. The molecule has 0 saturated carbocycles. The van der Waals surface area contributed by atoms with E-state index in [9.17, 15) is 4.79 Å². The van der Waals surface area contributed by atoms with Crippen molar-refractivity contribution in [3.05, 3.63) is 29.3 Å². The predicted molar refractivity (Wildman–Crippen MR) is 86.9 cm³/mol. The highest BCUT2D eigenvalue weighted by atomic mass is 16.5. The van der Waals surface area contributed by atoms with Crippen molar-refractivity contribution in [1.82, 2.24) is 10.6 Å². The number of hydrogen-bond acceptors (Lipinski definition) is 2. The second-order valence-corrected chi connectivity index (χ2v) is 6.65. The summed E-state index contributed by atoms with van der Waals surface area (Å²) in [5.74, 6) is 0.923. The summed E-state index contributed by atoms with van der Waals surface area (Å²) in [7, 11) is 0. The summed E-state index contributed by atoms with van der Waals surface area (Å²) in [4.78, 5) is 11.6. The van der Waals surface area contributed by atoms with Gasteiger partial charge in [-0.25, -0.2) is 4.79 Å². The van der Waals surface area contributed by atoms with E-state index in [-0.39, 0.29) is 17.7 Å². The zero-order valence-electron chi connectivity index (χ0n) is 14.0. The van der Waals surface area contributed by atoms with Crippen LogP contribution in [-0.4, -0.2) is 24.2 Å². The molecule has 0 heterocycles. The van der Waals surface area contributed by atoms with Crippen LogP contribution < -0.4 is 15.4 Å². The van der Waals surface area contributed by atoms with Gasteiger partial charge in [0.1, 0.15) is 5.75 Å². The molecule has 0 atom stereocenters. The van der Waals surface area contributed by atoms with E-state index in [1.807, 2.05) is 53.7 Å². The van der Waals surface area contributed by atoms with Crippen LogP contribution in [0.1, 0.15) is 45.7 Å². The van der Waals surface area contributed by atoms with E-state index in [1.165, 1.54) is 5.56 Å². The highest BCUT2D eigenvalue weighted by molar-refractivity contribution is 5.74. The van der Waals surface area contributed by atoms with Crippen LogP contribution in [0, 0.1) is 6.92 Å². The number of carbonyl (C=O) groups is 1. The second kappa shape index (κ2) is 7.34. The summed E-state index contributed by atoms with van der Waals surface area (Å²) in [5, 5.41) is 5.75. The van der Waals surface area contributed by atoms with Gasteiger partial charge in [-0.15, -0.1) is 0 Å². The van der Waals surface area contributed by atoms with Gasteiger partial charge in [0.2, 0.25) is 0 Å². The third-order valence-electron chi connectivity index (χ3n) is 2.79. The van der Waals surface area contributed by atoms with Gasteiger partial charge in [-0.2, -0.15) is 0 Å². The minimum absolute atomic E-state index is 0.126. The normalized spacial score (nSPS) is 11.4. The zero-order valence-corrected chi connectivity index (χ0v) is 14.0. The van der Waals surface area contributed by atoms with Crippen LogP contribution in [0.3, 0.4) is 0 Å². The maximum atomic E-state index is 11.6. The molecule has 0 saturated heterocycles. The Morgan fingerprint density at radius 3 is 2.48 bits per heavy atom. The average molecular weight is 292 g/mol. The molecule has 1 rings (SSSR count). The van der Waals surface area contributed by atoms with Gasteiger partial charge in [0.05, 0.1) is 6.10 Å². The summed E-state index contributed by atoms with van der Waals surface area (Å²) >= 11 is 0. The Balaban J connectivity index is 2.46. The second-order valence-electron chi connectivity index (χ2n) is 6.65. The monoisotopic (exact) mass is 292 g/mol. The Morgan fingerprint density at radius 2 is 1.95 bits per heavy atom. The van der Waals surface area contributed by atoms with E-state index in [0.29, 0.717) is 6.54 Å². The summed E-state index contributed by atoms with van der Waals surface area (Å²) < 4.78 is 5.72. The standard InChI is InChI=1S/C17H28N2O2/c1-12(2)21-15-8-7-14(11-13(15)3)9-10-18-16(20)19-17(4,5)6/h7-8,11-12H,9-10H2,1-6H3,(H2,18,19,20). The molecule has 4 heteroatoms. The van der Waals surface area contributed by atoms with Crippen LogP contribution in [0.15, 0.2) is 18.2 Å². The van der Waals surface area contributed by atoms with Gasteiger partial charge >= 0.3 is 6.03 Å². The average Bonchev–Trinajstić information content (AvgIpc) is 2.29. The quantitative estimate of drug-likeness (QED) is 0.873. The van der Waals surface area contributed by atoms with Crippen molar-refractivity contribution < 1.29 is 9.53 Å². The van der Waals surface area contributed by atoms with E-state index in [4.69, 9.17) is 4.74 Å². The number of aryl methyl sites for hydroxylation is 1. The SMILES string of the molecule is Cc1cc(CCNC(=O)NC(C)(C)C)ccc1OC(C)C. The van der Waals surface area contributed by atoms with Crippen LogP contribution in [-0.2, 0) is 6.42 Å². The molecule has 0 fully saturated rings. The van der Waals surface area contributed by atoms with E-state index in [1.54, 1.807) is 0 Å². The Morgan fingerprint density at radius 1 is 1.29 bits per heavy atom. The molecule has 0 aromatic heterocycles. The molecule has 2 amide bonds. The maximum absolute atomic E-state index is 11.6. The van der Waals surface area contributed by atoms with Crippen LogP contribution >= 0.6 is 0 Å². The van der Waals surface area contributed by atoms with E-state index < -0.39 is 0 Å². The number of nitrogens with one attached hydrogen (secondary N) is 2. The number of amides is 2. The van der Waals surface area contributed by atoms with Crippen molar-refractivity contribution >= 4 is 6.03 Å². The maximum Gasteiger partial charge on any atom is 0.315 e. The van der Waals surface area contributed by atoms with Crippen molar-refractivity contribution in [3.8, 4) is 5.75 Å². The van der Waals surface area contributed by atoms with Gasteiger partial charge in [-0.3, -0.25) is 0 Å². The molecule has 0 unspecified atom stereocenters. The molecule has 4 nitrogen and oxygen atoms in total. The summed E-state index contributed by atoms with van der Waals surface area (Å²) in [6.45, 7) is 12.6. The lowest BCUT2D eigenvalue weighted by molar-refractivity contribution is 0.232. The molecule has 0 aliphatic heterocycles. The third-order valence-corrected chi connectivity index (χ3v) is 2.79. The smallest absolute Gasteiger partial charge is 0.315 e. The van der Waals surface area contributed by atoms with Crippen LogP contribution in [0.25, 0.3) is 0 Å². The minimum atomic E-state index is -0.212. The molecule has 0 aliphatic carbocycles. The van der Waals surface area contributed by atoms with Gasteiger partial charge in [-0.1, -0.05) is 12.1 Å². The third kappa shape index (κ3) is 7.02. The number of hydrogen-bond donors (Lipinski definition) is 2. The Bertz CT molecular complexity index is 476.